The Morgan fingerprint density at radius 2 is 2.08 bits per heavy atom. The van der Waals surface area contributed by atoms with E-state index in [2.05, 4.69) is 42.2 Å². The number of aryl methyl sites for hydroxylation is 1. The third-order valence-corrected chi connectivity index (χ3v) is 5.86. The molecular formula is C21H26N2O2. The maximum atomic E-state index is 10.5. The van der Waals surface area contributed by atoms with Gasteiger partial charge in [-0.3, -0.25) is 4.90 Å². The highest BCUT2D eigenvalue weighted by molar-refractivity contribution is 5.52. The van der Waals surface area contributed by atoms with Crippen LogP contribution in [0, 0.1) is 6.92 Å². The summed E-state index contributed by atoms with van der Waals surface area (Å²) in [5.41, 5.74) is 11.5. The maximum Gasteiger partial charge on any atom is 0.161 e. The van der Waals surface area contributed by atoms with Crippen LogP contribution in [0.3, 0.4) is 0 Å². The molecule has 1 saturated heterocycles. The molecule has 4 rings (SSSR count). The summed E-state index contributed by atoms with van der Waals surface area (Å²) >= 11 is 0. The van der Waals surface area contributed by atoms with Gasteiger partial charge in [-0.1, -0.05) is 35.9 Å². The number of methoxy groups -OCH3 is 1. The first-order valence-electron chi connectivity index (χ1n) is 9.03. The van der Waals surface area contributed by atoms with E-state index < -0.39 is 0 Å². The molecule has 2 aliphatic rings. The van der Waals surface area contributed by atoms with Crippen LogP contribution in [0.5, 0.6) is 11.5 Å². The molecule has 4 heteroatoms. The van der Waals surface area contributed by atoms with E-state index in [9.17, 15) is 5.11 Å². The second-order valence-electron chi connectivity index (χ2n) is 7.37. The summed E-state index contributed by atoms with van der Waals surface area (Å²) in [7, 11) is 1.60. The molecule has 0 spiro atoms. The highest BCUT2D eigenvalue weighted by atomic mass is 16.5. The van der Waals surface area contributed by atoms with Gasteiger partial charge in [0.1, 0.15) is 0 Å². The monoisotopic (exact) mass is 338 g/mol. The Morgan fingerprint density at radius 3 is 2.84 bits per heavy atom. The molecule has 2 aromatic rings. The van der Waals surface area contributed by atoms with Crippen molar-refractivity contribution in [1.82, 2.24) is 4.90 Å². The van der Waals surface area contributed by atoms with Crippen molar-refractivity contribution in [3.63, 3.8) is 0 Å². The van der Waals surface area contributed by atoms with Crippen molar-refractivity contribution in [2.75, 3.05) is 20.2 Å². The number of piperidine rings is 1. The Bertz CT molecular complexity index is 789. The normalized spacial score (nSPS) is 26.0. The molecule has 0 aliphatic carbocycles. The predicted molar refractivity (Wildman–Crippen MR) is 99.2 cm³/mol. The van der Waals surface area contributed by atoms with E-state index in [1.165, 1.54) is 16.7 Å². The fourth-order valence-electron chi connectivity index (χ4n) is 4.54. The minimum atomic E-state index is 0.123. The van der Waals surface area contributed by atoms with Crippen LogP contribution in [0.4, 0.5) is 0 Å². The summed E-state index contributed by atoms with van der Waals surface area (Å²) < 4.78 is 5.27. The summed E-state index contributed by atoms with van der Waals surface area (Å²) in [5.74, 6) is 1.23. The van der Waals surface area contributed by atoms with Gasteiger partial charge in [-0.05, 0) is 37.0 Å². The molecule has 3 atom stereocenters. The number of phenolic OH excluding ortho intramolecular Hbond substituents is 1. The van der Waals surface area contributed by atoms with Crippen molar-refractivity contribution in [3.8, 4) is 11.5 Å². The highest BCUT2D eigenvalue weighted by Gasteiger charge is 2.39. The number of hydrogen-bond acceptors (Lipinski definition) is 4. The van der Waals surface area contributed by atoms with Gasteiger partial charge in [0, 0.05) is 36.7 Å². The number of aromatic hydroxyl groups is 1. The van der Waals surface area contributed by atoms with Gasteiger partial charge in [-0.15, -0.1) is 0 Å². The largest absolute Gasteiger partial charge is 0.504 e. The van der Waals surface area contributed by atoms with Crippen molar-refractivity contribution in [2.24, 2.45) is 5.73 Å². The molecule has 132 valence electrons. The van der Waals surface area contributed by atoms with Crippen LogP contribution in [0.25, 0.3) is 0 Å². The number of hydrogen-bond donors (Lipinski definition) is 2. The lowest BCUT2D eigenvalue weighted by atomic mass is 9.78. The summed E-state index contributed by atoms with van der Waals surface area (Å²) in [6.07, 6.45) is 1.77. The van der Waals surface area contributed by atoms with Gasteiger partial charge >= 0.3 is 0 Å². The average molecular weight is 338 g/mol. The number of fused-ring (bicyclic) bond motifs is 3. The van der Waals surface area contributed by atoms with Gasteiger partial charge in [0.2, 0.25) is 0 Å². The molecular weight excluding hydrogens is 312 g/mol. The van der Waals surface area contributed by atoms with Crippen LogP contribution in [0.15, 0.2) is 36.4 Å². The lowest BCUT2D eigenvalue weighted by Crippen LogP contribution is -2.49. The molecule has 2 aromatic carbocycles. The molecule has 1 fully saturated rings. The Hall–Kier alpha value is -2.04. The summed E-state index contributed by atoms with van der Waals surface area (Å²) in [5, 5.41) is 10.5. The van der Waals surface area contributed by atoms with Crippen LogP contribution in [-0.4, -0.2) is 36.2 Å². The molecule has 2 heterocycles. The first-order chi connectivity index (χ1) is 12.1. The second-order valence-corrected chi connectivity index (χ2v) is 7.37. The summed E-state index contributed by atoms with van der Waals surface area (Å²) in [4.78, 5) is 2.53. The van der Waals surface area contributed by atoms with Crippen LogP contribution in [-0.2, 0) is 6.42 Å². The zero-order valence-electron chi connectivity index (χ0n) is 14.9. The van der Waals surface area contributed by atoms with Crippen molar-refractivity contribution in [1.29, 1.82) is 0 Å². The first-order valence-corrected chi connectivity index (χ1v) is 9.03. The standard InChI is InChI=1S/C21H26N2O2/c1-13-4-3-5-14(10-13)17-12-23-9-8-16-15(19(23)11-18(17)22)6-7-20(25-2)21(16)24/h3-7,10,17-19,24H,8-9,11-12,22H2,1-2H3/t17-,18+,19+/m1/s1. The van der Waals surface area contributed by atoms with Gasteiger partial charge in [0.05, 0.1) is 7.11 Å². The van der Waals surface area contributed by atoms with E-state index in [4.69, 9.17) is 10.5 Å². The predicted octanol–water partition coefficient (Wildman–Crippen LogP) is 3.12. The quantitative estimate of drug-likeness (QED) is 0.883. The van der Waals surface area contributed by atoms with E-state index in [0.29, 0.717) is 17.4 Å². The molecule has 3 N–H and O–H groups in total. The van der Waals surface area contributed by atoms with Gasteiger partial charge < -0.3 is 15.6 Å². The highest BCUT2D eigenvalue weighted by Crippen LogP contribution is 2.45. The van der Waals surface area contributed by atoms with Gasteiger partial charge in [0.25, 0.3) is 0 Å². The fraction of sp³-hybridized carbons (Fsp3) is 0.429. The first kappa shape index (κ1) is 16.4. The summed E-state index contributed by atoms with van der Waals surface area (Å²) in [6.45, 7) is 4.06. The van der Waals surface area contributed by atoms with Crippen LogP contribution in [0.2, 0.25) is 0 Å². The van der Waals surface area contributed by atoms with Crippen molar-refractivity contribution in [2.45, 2.75) is 37.8 Å². The zero-order chi connectivity index (χ0) is 17.6. The van der Waals surface area contributed by atoms with E-state index >= 15 is 0 Å². The van der Waals surface area contributed by atoms with Crippen LogP contribution >= 0.6 is 0 Å². The lowest BCUT2D eigenvalue weighted by molar-refractivity contribution is 0.109. The van der Waals surface area contributed by atoms with E-state index in [1.54, 1.807) is 7.11 Å². The molecule has 0 aromatic heterocycles. The Morgan fingerprint density at radius 1 is 1.24 bits per heavy atom. The molecule has 0 radical (unpaired) electrons. The van der Waals surface area contributed by atoms with E-state index in [-0.39, 0.29) is 12.1 Å². The van der Waals surface area contributed by atoms with Gasteiger partial charge in [-0.2, -0.15) is 0 Å². The van der Waals surface area contributed by atoms with Crippen LogP contribution < -0.4 is 10.5 Å². The minimum absolute atomic E-state index is 0.123. The molecule has 4 nitrogen and oxygen atoms in total. The maximum absolute atomic E-state index is 10.5. The van der Waals surface area contributed by atoms with E-state index in [0.717, 1.165) is 31.5 Å². The number of nitrogens with two attached hydrogens (primary N) is 1. The molecule has 25 heavy (non-hydrogen) atoms. The zero-order valence-corrected chi connectivity index (χ0v) is 14.9. The SMILES string of the molecule is COc1ccc2c(c1O)CCN1C[C@H](c3cccc(C)c3)[C@@H](N)C[C@@H]21. The fourth-order valence-corrected chi connectivity index (χ4v) is 4.54. The number of nitrogens with zero attached hydrogens (tertiary/aromatic N) is 1. The topological polar surface area (TPSA) is 58.7 Å². The van der Waals surface area contributed by atoms with Crippen LogP contribution in [0.1, 0.15) is 40.6 Å². The second kappa shape index (κ2) is 6.36. The molecule has 0 unspecified atom stereocenters. The van der Waals surface area contributed by atoms with Crippen molar-refractivity contribution >= 4 is 0 Å². The summed E-state index contributed by atoms with van der Waals surface area (Å²) in [6, 6.07) is 13.1. The molecule has 0 saturated carbocycles. The lowest BCUT2D eigenvalue weighted by Gasteiger charge is -2.46. The number of phenols is 1. The smallest absolute Gasteiger partial charge is 0.161 e. The molecule has 0 amide bonds. The Labute approximate surface area is 149 Å². The number of rotatable bonds is 2. The number of benzene rings is 2. The third-order valence-electron chi connectivity index (χ3n) is 5.86. The van der Waals surface area contributed by atoms with Gasteiger partial charge in [-0.25, -0.2) is 0 Å². The molecule has 0 bridgehead atoms. The van der Waals surface area contributed by atoms with Gasteiger partial charge in [0.15, 0.2) is 11.5 Å². The average Bonchev–Trinajstić information content (AvgIpc) is 2.61. The molecule has 2 aliphatic heterocycles. The van der Waals surface area contributed by atoms with E-state index in [1.807, 2.05) is 6.07 Å². The van der Waals surface area contributed by atoms with Crippen molar-refractivity contribution < 1.29 is 9.84 Å². The Balaban J connectivity index is 1.64. The number of ether oxygens (including phenoxy) is 1. The van der Waals surface area contributed by atoms with Crippen molar-refractivity contribution in [3.05, 3.63) is 58.7 Å². The minimum Gasteiger partial charge on any atom is -0.504 e. The third kappa shape index (κ3) is 2.79. The Kier molecular flexibility index (Phi) is 4.18.